The Labute approximate surface area is 141 Å². The van der Waals surface area contributed by atoms with Gasteiger partial charge in [-0.2, -0.15) is 0 Å². The molecule has 4 nitrogen and oxygen atoms in total. The average molecular weight is 329 g/mol. The zero-order valence-electron chi connectivity index (χ0n) is 13.7. The number of aromatic nitrogens is 2. The molecule has 1 aromatic carbocycles. The van der Waals surface area contributed by atoms with Crippen LogP contribution in [0.4, 0.5) is 0 Å². The van der Waals surface area contributed by atoms with Crippen molar-refractivity contribution in [3.05, 3.63) is 30.0 Å². The van der Waals surface area contributed by atoms with E-state index in [-0.39, 0.29) is 5.91 Å². The molecule has 2 atom stereocenters. The van der Waals surface area contributed by atoms with Crippen molar-refractivity contribution in [1.82, 2.24) is 15.3 Å². The topological polar surface area (TPSA) is 54.9 Å². The van der Waals surface area contributed by atoms with Crippen LogP contribution in [0, 0.1) is 12.8 Å². The molecule has 1 aliphatic rings. The maximum atomic E-state index is 12.2. The number of fused-ring (bicyclic) bond motifs is 1. The molecule has 0 spiro atoms. The molecule has 122 valence electrons. The first kappa shape index (κ1) is 16.2. The van der Waals surface area contributed by atoms with Crippen molar-refractivity contribution in [2.24, 2.45) is 5.92 Å². The van der Waals surface area contributed by atoms with Crippen molar-refractivity contribution in [3.8, 4) is 0 Å². The number of hydrogen-bond acceptors (Lipinski definition) is 4. The summed E-state index contributed by atoms with van der Waals surface area (Å²) >= 11 is 1.47. The molecule has 0 unspecified atom stereocenters. The van der Waals surface area contributed by atoms with Gasteiger partial charge in [0.15, 0.2) is 0 Å². The lowest BCUT2D eigenvalue weighted by Crippen LogP contribution is -2.41. The normalized spacial score (nSPS) is 21.3. The Bertz CT molecular complexity index is 704. The lowest BCUT2D eigenvalue weighted by atomic mass is 9.86. The van der Waals surface area contributed by atoms with Gasteiger partial charge in [-0.1, -0.05) is 43.7 Å². The number of aryl methyl sites for hydroxylation is 1. The number of nitrogens with zero attached hydrogens (tertiary/aromatic N) is 2. The molecule has 0 aliphatic heterocycles. The van der Waals surface area contributed by atoms with Crippen LogP contribution in [0.1, 0.15) is 38.3 Å². The van der Waals surface area contributed by atoms with Gasteiger partial charge in [-0.15, -0.1) is 0 Å². The molecular weight excluding hydrogens is 306 g/mol. The molecule has 2 aromatic rings. The number of thioether (sulfide) groups is 1. The van der Waals surface area contributed by atoms with E-state index in [1.807, 2.05) is 31.2 Å². The molecule has 1 fully saturated rings. The van der Waals surface area contributed by atoms with E-state index in [1.165, 1.54) is 31.0 Å². The van der Waals surface area contributed by atoms with Crippen LogP contribution in [0.25, 0.3) is 11.0 Å². The van der Waals surface area contributed by atoms with Crippen molar-refractivity contribution >= 4 is 28.7 Å². The standard InChI is InChI=1S/C18H23N3OS/c1-12-7-3-4-8-14(12)20-17(22)11-23-18-13(2)19-15-9-5-6-10-16(15)21-18/h5-6,9-10,12,14H,3-4,7-8,11H2,1-2H3,(H,20,22)/t12-,14-/m0/s1. The van der Waals surface area contributed by atoms with E-state index in [0.29, 0.717) is 17.7 Å². The van der Waals surface area contributed by atoms with Crippen LogP contribution < -0.4 is 5.32 Å². The second kappa shape index (κ2) is 7.30. The summed E-state index contributed by atoms with van der Waals surface area (Å²) < 4.78 is 0. The van der Waals surface area contributed by atoms with Crippen molar-refractivity contribution in [2.75, 3.05) is 5.75 Å². The number of rotatable bonds is 4. The minimum atomic E-state index is 0.100. The van der Waals surface area contributed by atoms with Crippen molar-refractivity contribution in [3.63, 3.8) is 0 Å². The van der Waals surface area contributed by atoms with Crippen molar-refractivity contribution in [2.45, 2.75) is 50.6 Å². The fourth-order valence-electron chi connectivity index (χ4n) is 3.12. The van der Waals surface area contributed by atoms with Crippen LogP contribution in [0.3, 0.4) is 0 Å². The minimum Gasteiger partial charge on any atom is -0.352 e. The van der Waals surface area contributed by atoms with Crippen LogP contribution in [0.15, 0.2) is 29.3 Å². The monoisotopic (exact) mass is 329 g/mol. The van der Waals surface area contributed by atoms with E-state index < -0.39 is 0 Å². The predicted octanol–water partition coefficient (Wildman–Crippen LogP) is 3.73. The highest BCUT2D eigenvalue weighted by atomic mass is 32.2. The summed E-state index contributed by atoms with van der Waals surface area (Å²) in [6.45, 7) is 4.18. The van der Waals surface area contributed by atoms with Gasteiger partial charge < -0.3 is 5.32 Å². The van der Waals surface area contributed by atoms with Gasteiger partial charge in [0.1, 0.15) is 5.03 Å². The largest absolute Gasteiger partial charge is 0.352 e. The Hall–Kier alpha value is -1.62. The van der Waals surface area contributed by atoms with Gasteiger partial charge in [0, 0.05) is 6.04 Å². The number of carbonyl (C=O) groups is 1. The second-order valence-electron chi connectivity index (χ2n) is 6.33. The van der Waals surface area contributed by atoms with Crippen LogP contribution in [0.5, 0.6) is 0 Å². The van der Waals surface area contributed by atoms with Gasteiger partial charge in [-0.3, -0.25) is 4.79 Å². The highest BCUT2D eigenvalue weighted by Gasteiger charge is 2.22. The van der Waals surface area contributed by atoms with Crippen LogP contribution >= 0.6 is 11.8 Å². The molecular formula is C18H23N3OS. The molecule has 0 bridgehead atoms. The summed E-state index contributed by atoms with van der Waals surface area (Å²) in [5.74, 6) is 1.08. The number of nitrogens with one attached hydrogen (secondary N) is 1. The molecule has 1 heterocycles. The van der Waals surface area contributed by atoms with Gasteiger partial charge in [0.25, 0.3) is 0 Å². The summed E-state index contributed by atoms with van der Waals surface area (Å²) in [4.78, 5) is 21.4. The molecule has 5 heteroatoms. The van der Waals surface area contributed by atoms with Crippen LogP contribution in [-0.4, -0.2) is 27.7 Å². The maximum Gasteiger partial charge on any atom is 0.230 e. The average Bonchev–Trinajstić information content (AvgIpc) is 2.55. The second-order valence-corrected chi connectivity index (χ2v) is 7.29. The van der Waals surface area contributed by atoms with Gasteiger partial charge in [-0.25, -0.2) is 9.97 Å². The van der Waals surface area contributed by atoms with Crippen molar-refractivity contribution in [1.29, 1.82) is 0 Å². The Balaban J connectivity index is 1.61. The van der Waals surface area contributed by atoms with Crippen LogP contribution in [0.2, 0.25) is 0 Å². The highest BCUT2D eigenvalue weighted by molar-refractivity contribution is 7.99. The number of hydrogen-bond donors (Lipinski definition) is 1. The number of para-hydroxylation sites is 2. The first-order chi connectivity index (χ1) is 11.1. The van der Waals surface area contributed by atoms with Gasteiger partial charge in [0.2, 0.25) is 5.91 Å². The zero-order chi connectivity index (χ0) is 16.2. The quantitative estimate of drug-likeness (QED) is 0.869. The van der Waals surface area contributed by atoms with E-state index in [1.54, 1.807) is 0 Å². The number of amides is 1. The summed E-state index contributed by atoms with van der Waals surface area (Å²) in [5, 5.41) is 4.03. The van der Waals surface area contributed by atoms with Crippen LogP contribution in [-0.2, 0) is 4.79 Å². The van der Waals surface area contributed by atoms with E-state index in [0.717, 1.165) is 28.2 Å². The van der Waals surface area contributed by atoms with Crippen molar-refractivity contribution < 1.29 is 4.79 Å². The van der Waals surface area contributed by atoms with Gasteiger partial charge in [0.05, 0.1) is 22.5 Å². The molecule has 1 saturated carbocycles. The third-order valence-corrected chi connectivity index (χ3v) is 5.57. The minimum absolute atomic E-state index is 0.100. The Kier molecular flexibility index (Phi) is 5.16. The fraction of sp³-hybridized carbons (Fsp3) is 0.500. The maximum absolute atomic E-state index is 12.2. The molecule has 1 aromatic heterocycles. The Morgan fingerprint density at radius 3 is 2.65 bits per heavy atom. The summed E-state index contributed by atoms with van der Waals surface area (Å²) in [5.41, 5.74) is 2.66. The zero-order valence-corrected chi connectivity index (χ0v) is 14.5. The summed E-state index contributed by atoms with van der Waals surface area (Å²) in [7, 11) is 0. The smallest absolute Gasteiger partial charge is 0.230 e. The Morgan fingerprint density at radius 2 is 1.91 bits per heavy atom. The first-order valence-electron chi connectivity index (χ1n) is 8.29. The molecule has 1 aliphatic carbocycles. The van der Waals surface area contributed by atoms with E-state index in [9.17, 15) is 4.79 Å². The summed E-state index contributed by atoms with van der Waals surface area (Å²) in [6.07, 6.45) is 4.82. The lowest BCUT2D eigenvalue weighted by molar-refractivity contribution is -0.119. The Morgan fingerprint density at radius 1 is 1.22 bits per heavy atom. The lowest BCUT2D eigenvalue weighted by Gasteiger charge is -2.29. The number of carbonyl (C=O) groups excluding carboxylic acids is 1. The molecule has 1 amide bonds. The van der Waals surface area contributed by atoms with Gasteiger partial charge >= 0.3 is 0 Å². The first-order valence-corrected chi connectivity index (χ1v) is 9.27. The molecule has 1 N–H and O–H groups in total. The molecule has 3 rings (SSSR count). The number of benzene rings is 1. The third-order valence-electron chi connectivity index (χ3n) is 4.50. The third kappa shape index (κ3) is 4.02. The highest BCUT2D eigenvalue weighted by Crippen LogP contribution is 2.25. The van der Waals surface area contributed by atoms with Gasteiger partial charge in [-0.05, 0) is 37.8 Å². The SMILES string of the molecule is Cc1nc2ccccc2nc1SCC(=O)N[C@H]1CCCC[C@@H]1C. The molecule has 0 radical (unpaired) electrons. The summed E-state index contributed by atoms with van der Waals surface area (Å²) in [6, 6.07) is 8.16. The predicted molar refractivity (Wildman–Crippen MR) is 94.6 cm³/mol. The van der Waals surface area contributed by atoms with E-state index >= 15 is 0 Å². The van der Waals surface area contributed by atoms with E-state index in [2.05, 4.69) is 22.2 Å². The van der Waals surface area contributed by atoms with E-state index in [4.69, 9.17) is 0 Å². The fourth-order valence-corrected chi connectivity index (χ4v) is 3.89. The molecule has 0 saturated heterocycles. The molecule has 23 heavy (non-hydrogen) atoms.